The standard InChI is InChI=1S/C11H18S/c1-4-10-8-6-7-9(3)11(10)12-5-2/h3-8H2,1-2H3. The number of hydrogen-bond donors (Lipinski definition) is 0. The molecule has 1 heteroatoms. The molecular weight excluding hydrogens is 164 g/mol. The monoisotopic (exact) mass is 182 g/mol. The topological polar surface area (TPSA) is 0 Å². The molecule has 1 rings (SSSR count). The molecule has 0 atom stereocenters. The molecule has 0 unspecified atom stereocenters. The van der Waals surface area contributed by atoms with E-state index in [1.807, 2.05) is 11.8 Å². The van der Waals surface area contributed by atoms with Gasteiger partial charge < -0.3 is 0 Å². The second-order valence-electron chi connectivity index (χ2n) is 3.18. The summed E-state index contributed by atoms with van der Waals surface area (Å²) in [5, 5.41) is 0. The van der Waals surface area contributed by atoms with Crippen molar-refractivity contribution in [1.82, 2.24) is 0 Å². The van der Waals surface area contributed by atoms with Crippen LogP contribution in [0.25, 0.3) is 0 Å². The molecule has 1 aliphatic carbocycles. The van der Waals surface area contributed by atoms with Gasteiger partial charge in [-0.25, -0.2) is 0 Å². The zero-order valence-corrected chi connectivity index (χ0v) is 8.97. The molecular formula is C11H18S. The number of hydrogen-bond acceptors (Lipinski definition) is 1. The second-order valence-corrected chi connectivity index (χ2v) is 4.45. The summed E-state index contributed by atoms with van der Waals surface area (Å²) in [5.74, 6) is 1.18. The molecule has 0 fully saturated rings. The van der Waals surface area contributed by atoms with Gasteiger partial charge in [0.25, 0.3) is 0 Å². The maximum Gasteiger partial charge on any atom is 0.00899 e. The van der Waals surface area contributed by atoms with Gasteiger partial charge >= 0.3 is 0 Å². The summed E-state index contributed by atoms with van der Waals surface area (Å²) < 4.78 is 0. The summed E-state index contributed by atoms with van der Waals surface area (Å²) in [4.78, 5) is 1.52. The maximum atomic E-state index is 4.13. The molecule has 0 aliphatic heterocycles. The molecule has 0 spiro atoms. The molecule has 0 heterocycles. The van der Waals surface area contributed by atoms with Gasteiger partial charge in [0.15, 0.2) is 0 Å². The summed E-state index contributed by atoms with van der Waals surface area (Å²) >= 11 is 1.97. The highest BCUT2D eigenvalue weighted by Crippen LogP contribution is 2.37. The Labute approximate surface area is 80.1 Å². The molecule has 0 saturated heterocycles. The van der Waals surface area contributed by atoms with Crippen molar-refractivity contribution in [3.8, 4) is 0 Å². The zero-order chi connectivity index (χ0) is 8.97. The Morgan fingerprint density at radius 2 is 2.08 bits per heavy atom. The van der Waals surface area contributed by atoms with Crippen molar-refractivity contribution in [2.24, 2.45) is 0 Å². The van der Waals surface area contributed by atoms with Crippen LogP contribution in [0.1, 0.15) is 39.5 Å². The lowest BCUT2D eigenvalue weighted by molar-refractivity contribution is 0.755. The Balaban J connectivity index is 2.79. The van der Waals surface area contributed by atoms with E-state index >= 15 is 0 Å². The van der Waals surface area contributed by atoms with Crippen molar-refractivity contribution in [3.63, 3.8) is 0 Å². The van der Waals surface area contributed by atoms with E-state index in [2.05, 4.69) is 20.4 Å². The summed E-state index contributed by atoms with van der Waals surface area (Å²) in [6.45, 7) is 8.60. The van der Waals surface area contributed by atoms with Crippen LogP contribution < -0.4 is 0 Å². The highest BCUT2D eigenvalue weighted by Gasteiger charge is 2.13. The van der Waals surface area contributed by atoms with Gasteiger partial charge in [0.05, 0.1) is 0 Å². The van der Waals surface area contributed by atoms with Crippen molar-refractivity contribution in [2.45, 2.75) is 39.5 Å². The Kier molecular flexibility index (Phi) is 3.93. The van der Waals surface area contributed by atoms with Crippen molar-refractivity contribution < 1.29 is 0 Å². The molecule has 0 aromatic heterocycles. The average Bonchev–Trinajstić information content (AvgIpc) is 2.09. The number of rotatable bonds is 3. The Hall–Kier alpha value is -0.170. The van der Waals surface area contributed by atoms with Crippen LogP contribution >= 0.6 is 11.8 Å². The highest BCUT2D eigenvalue weighted by atomic mass is 32.2. The Morgan fingerprint density at radius 3 is 2.67 bits per heavy atom. The third kappa shape index (κ3) is 2.16. The van der Waals surface area contributed by atoms with Crippen LogP contribution in [0.5, 0.6) is 0 Å². The van der Waals surface area contributed by atoms with E-state index in [0.29, 0.717) is 0 Å². The molecule has 0 bridgehead atoms. The first-order valence-corrected chi connectivity index (χ1v) is 5.81. The van der Waals surface area contributed by atoms with Gasteiger partial charge in [0, 0.05) is 4.91 Å². The van der Waals surface area contributed by atoms with E-state index in [4.69, 9.17) is 0 Å². The van der Waals surface area contributed by atoms with Crippen LogP contribution in [0.15, 0.2) is 22.6 Å². The van der Waals surface area contributed by atoms with Gasteiger partial charge in [-0.2, -0.15) is 0 Å². The first-order valence-electron chi connectivity index (χ1n) is 4.82. The smallest absolute Gasteiger partial charge is 0.00899 e. The largest absolute Gasteiger partial charge is 0.126 e. The lowest BCUT2D eigenvalue weighted by Crippen LogP contribution is -1.99. The minimum atomic E-state index is 1.18. The van der Waals surface area contributed by atoms with Crippen LogP contribution in [0.2, 0.25) is 0 Å². The average molecular weight is 182 g/mol. The van der Waals surface area contributed by atoms with Crippen molar-refractivity contribution in [3.05, 3.63) is 22.6 Å². The molecule has 0 N–H and O–H groups in total. The number of allylic oxidation sites excluding steroid dienone is 2. The van der Waals surface area contributed by atoms with Crippen molar-refractivity contribution in [1.29, 1.82) is 0 Å². The van der Waals surface area contributed by atoms with Crippen LogP contribution in [-0.2, 0) is 0 Å². The third-order valence-corrected chi connectivity index (χ3v) is 3.47. The van der Waals surface area contributed by atoms with Gasteiger partial charge in [-0.05, 0) is 37.0 Å². The van der Waals surface area contributed by atoms with Gasteiger partial charge in [-0.3, -0.25) is 0 Å². The first kappa shape index (κ1) is 9.91. The SMILES string of the molecule is C=C1CCCC(CC)=C1SCC. The zero-order valence-electron chi connectivity index (χ0n) is 8.15. The van der Waals surface area contributed by atoms with E-state index in [1.165, 1.54) is 41.9 Å². The predicted octanol–water partition coefficient (Wildman–Crippen LogP) is 4.14. The third-order valence-electron chi connectivity index (χ3n) is 2.31. The molecule has 0 aromatic rings. The van der Waals surface area contributed by atoms with E-state index in [-0.39, 0.29) is 0 Å². The first-order chi connectivity index (χ1) is 5.79. The van der Waals surface area contributed by atoms with Crippen LogP contribution in [0, 0.1) is 0 Å². The van der Waals surface area contributed by atoms with Crippen LogP contribution in [-0.4, -0.2) is 5.75 Å². The van der Waals surface area contributed by atoms with E-state index in [1.54, 1.807) is 5.57 Å². The predicted molar refractivity (Wildman–Crippen MR) is 58.4 cm³/mol. The summed E-state index contributed by atoms with van der Waals surface area (Å²) in [6, 6.07) is 0. The molecule has 68 valence electrons. The normalized spacial score (nSPS) is 18.7. The highest BCUT2D eigenvalue weighted by molar-refractivity contribution is 8.03. The molecule has 0 aromatic carbocycles. The summed E-state index contributed by atoms with van der Waals surface area (Å²) in [7, 11) is 0. The van der Waals surface area contributed by atoms with Crippen LogP contribution in [0.4, 0.5) is 0 Å². The van der Waals surface area contributed by atoms with Gasteiger partial charge in [0.2, 0.25) is 0 Å². The molecule has 0 radical (unpaired) electrons. The van der Waals surface area contributed by atoms with Gasteiger partial charge in [-0.1, -0.05) is 26.0 Å². The number of thioether (sulfide) groups is 1. The minimum absolute atomic E-state index is 1.18. The second kappa shape index (κ2) is 4.76. The molecule has 0 saturated carbocycles. The molecule has 0 nitrogen and oxygen atoms in total. The minimum Gasteiger partial charge on any atom is -0.126 e. The van der Waals surface area contributed by atoms with Crippen molar-refractivity contribution in [2.75, 3.05) is 5.75 Å². The quantitative estimate of drug-likeness (QED) is 0.632. The fourth-order valence-corrected chi connectivity index (χ4v) is 2.72. The molecule has 0 amide bonds. The van der Waals surface area contributed by atoms with Gasteiger partial charge in [0.1, 0.15) is 0 Å². The Bertz CT molecular complexity index is 201. The lowest BCUT2D eigenvalue weighted by Gasteiger charge is -2.20. The maximum absolute atomic E-state index is 4.13. The Morgan fingerprint density at radius 1 is 1.33 bits per heavy atom. The van der Waals surface area contributed by atoms with E-state index in [0.717, 1.165) is 0 Å². The lowest BCUT2D eigenvalue weighted by atomic mass is 9.94. The van der Waals surface area contributed by atoms with Crippen LogP contribution in [0.3, 0.4) is 0 Å². The summed E-state index contributed by atoms with van der Waals surface area (Å²) in [5.41, 5.74) is 3.02. The van der Waals surface area contributed by atoms with E-state index in [9.17, 15) is 0 Å². The fraction of sp³-hybridized carbons (Fsp3) is 0.636. The van der Waals surface area contributed by atoms with Crippen molar-refractivity contribution >= 4 is 11.8 Å². The molecule has 12 heavy (non-hydrogen) atoms. The molecule has 1 aliphatic rings. The fourth-order valence-electron chi connectivity index (χ4n) is 1.68. The summed E-state index contributed by atoms with van der Waals surface area (Å²) in [6.07, 6.45) is 5.04. The van der Waals surface area contributed by atoms with E-state index < -0.39 is 0 Å². The van der Waals surface area contributed by atoms with Gasteiger partial charge in [-0.15, -0.1) is 11.8 Å².